The van der Waals surface area contributed by atoms with Gasteiger partial charge in [-0.15, -0.1) is 0 Å². The van der Waals surface area contributed by atoms with E-state index in [9.17, 15) is 19.5 Å². The van der Waals surface area contributed by atoms with Gasteiger partial charge in [0.1, 0.15) is 18.1 Å². The minimum atomic E-state index is -1.21. The number of carbonyl (C=O) groups is 3. The number of likely N-dealkylation sites (N-methyl/N-ethyl adjacent to an activating group) is 1. The van der Waals surface area contributed by atoms with Gasteiger partial charge in [-0.25, -0.2) is 4.79 Å². The predicted molar refractivity (Wildman–Crippen MR) is 191 cm³/mol. The zero-order chi connectivity index (χ0) is 38.3. The van der Waals surface area contributed by atoms with Crippen molar-refractivity contribution in [3.63, 3.8) is 0 Å². The molecule has 3 saturated heterocycles. The SMILES string of the molecule is CC[C@H]1OC(=O)[C@H](C)C(=O)[C@@H](C)[C@@H](O[C@@H]2OC(C)CC(N(C)C)C2O)[C@](C)(OC)C[C@@H](C)CN[C@H](C)[C@H]2N(CCCCCN=[N+]=[N-])C(=O)O[C@]12C. The average molecular weight is 725 g/mol. The van der Waals surface area contributed by atoms with Gasteiger partial charge in [-0.1, -0.05) is 32.3 Å². The topological polar surface area (TPSA) is 185 Å². The van der Waals surface area contributed by atoms with Crippen molar-refractivity contribution in [1.29, 1.82) is 0 Å². The number of hydrogen-bond donors (Lipinski definition) is 2. The van der Waals surface area contributed by atoms with Gasteiger partial charge in [0.2, 0.25) is 0 Å². The van der Waals surface area contributed by atoms with Crippen molar-refractivity contribution in [3.05, 3.63) is 10.4 Å². The van der Waals surface area contributed by atoms with Crippen LogP contribution in [-0.2, 0) is 33.3 Å². The minimum Gasteiger partial charge on any atom is -0.458 e. The van der Waals surface area contributed by atoms with Gasteiger partial charge in [0.05, 0.1) is 23.9 Å². The predicted octanol–water partition coefficient (Wildman–Crippen LogP) is 4.44. The van der Waals surface area contributed by atoms with E-state index >= 15 is 0 Å². The van der Waals surface area contributed by atoms with E-state index < -0.39 is 71.5 Å². The molecule has 0 aromatic rings. The number of aliphatic hydroxyl groups is 1. The molecule has 3 unspecified atom stereocenters. The molecule has 0 aliphatic carbocycles. The van der Waals surface area contributed by atoms with E-state index in [0.29, 0.717) is 51.7 Å². The van der Waals surface area contributed by atoms with Crippen LogP contribution in [0.5, 0.6) is 0 Å². The Morgan fingerprint density at radius 3 is 2.41 bits per heavy atom. The highest BCUT2D eigenvalue weighted by atomic mass is 16.7. The first kappa shape index (κ1) is 42.9. The van der Waals surface area contributed by atoms with Gasteiger partial charge in [0, 0.05) is 43.1 Å². The molecule has 3 heterocycles. The Bertz CT molecular complexity index is 1240. The number of hydrogen-bond acceptors (Lipinski definition) is 12. The Morgan fingerprint density at radius 2 is 1.80 bits per heavy atom. The molecule has 2 N–H and O–H groups in total. The van der Waals surface area contributed by atoms with Crippen LogP contribution in [0.1, 0.15) is 93.9 Å². The fourth-order valence-electron chi connectivity index (χ4n) is 8.35. The molecule has 13 atom stereocenters. The summed E-state index contributed by atoms with van der Waals surface area (Å²) in [5.41, 5.74) is 6.35. The standard InChI is InChI=1S/C36H64N6O9/c1-12-27-36(8)30(42(34(46)51-36)17-15-13-14-16-39-40-37)25(6)38-20-21(2)19-35(7,47-11)31(23(4)28(43)24(5)32(45)49-27)50-33-29(44)26(41(9)10)18-22(3)48-33/h21-27,29-31,33,38,44H,12-20H2,1-11H3/t21-,22?,23-,24-,25-,26?,27-,29?,30-,31-,33+,35-,36-/m1/s1. The number of methoxy groups -OCH3 is 1. The van der Waals surface area contributed by atoms with Crippen LogP contribution in [0.25, 0.3) is 10.4 Å². The Balaban J connectivity index is 2.00. The van der Waals surface area contributed by atoms with Crippen LogP contribution in [0.4, 0.5) is 4.79 Å². The monoisotopic (exact) mass is 724 g/mol. The highest BCUT2D eigenvalue weighted by Crippen LogP contribution is 2.40. The maximum absolute atomic E-state index is 14.2. The van der Waals surface area contributed by atoms with Gasteiger partial charge >= 0.3 is 12.1 Å². The summed E-state index contributed by atoms with van der Waals surface area (Å²) in [4.78, 5) is 48.0. The summed E-state index contributed by atoms with van der Waals surface area (Å²) < 4.78 is 31.2. The third-order valence-corrected chi connectivity index (χ3v) is 11.3. The molecule has 0 aromatic heterocycles. The van der Waals surface area contributed by atoms with Crippen LogP contribution in [0.15, 0.2) is 5.11 Å². The lowest BCUT2D eigenvalue weighted by Gasteiger charge is -2.46. The van der Waals surface area contributed by atoms with Gasteiger partial charge in [-0.05, 0) is 98.8 Å². The summed E-state index contributed by atoms with van der Waals surface area (Å²) in [6.07, 6.45) is -0.885. The van der Waals surface area contributed by atoms with Crippen LogP contribution in [-0.4, -0.2) is 134 Å². The number of carbonyl (C=O) groups excluding carboxylic acids is 3. The van der Waals surface area contributed by atoms with E-state index in [-0.39, 0.29) is 24.1 Å². The van der Waals surface area contributed by atoms with Gasteiger partial charge in [-0.3, -0.25) is 14.5 Å². The molecule has 0 spiro atoms. The van der Waals surface area contributed by atoms with Crippen molar-refractivity contribution in [1.82, 2.24) is 15.1 Å². The van der Waals surface area contributed by atoms with Crippen molar-refractivity contribution in [2.24, 2.45) is 22.9 Å². The lowest BCUT2D eigenvalue weighted by molar-refractivity contribution is -0.295. The summed E-state index contributed by atoms with van der Waals surface area (Å²) in [5.74, 6) is -3.14. The van der Waals surface area contributed by atoms with Crippen molar-refractivity contribution >= 4 is 17.8 Å². The maximum Gasteiger partial charge on any atom is 0.410 e. The Morgan fingerprint density at radius 1 is 1.12 bits per heavy atom. The molecule has 3 aliphatic rings. The van der Waals surface area contributed by atoms with Crippen LogP contribution in [0.3, 0.4) is 0 Å². The van der Waals surface area contributed by atoms with E-state index in [2.05, 4.69) is 22.3 Å². The third-order valence-electron chi connectivity index (χ3n) is 11.3. The Kier molecular flexibility index (Phi) is 15.6. The fraction of sp³-hybridized carbons (Fsp3) is 0.917. The average Bonchev–Trinajstić information content (AvgIpc) is 3.34. The van der Waals surface area contributed by atoms with Crippen molar-refractivity contribution in [3.8, 4) is 0 Å². The number of aliphatic hydroxyl groups excluding tert-OH is 1. The highest BCUT2D eigenvalue weighted by Gasteiger charge is 2.58. The second-order valence-corrected chi connectivity index (χ2v) is 15.6. The molecule has 3 rings (SSSR count). The summed E-state index contributed by atoms with van der Waals surface area (Å²) in [5, 5.41) is 18.6. The molecule has 3 aliphatic heterocycles. The van der Waals surface area contributed by atoms with Crippen LogP contribution < -0.4 is 5.32 Å². The molecule has 0 bridgehead atoms. The number of unbranched alkanes of at least 4 members (excludes halogenated alkanes) is 2. The highest BCUT2D eigenvalue weighted by molar-refractivity contribution is 6.00. The first-order chi connectivity index (χ1) is 23.9. The summed E-state index contributed by atoms with van der Waals surface area (Å²) in [7, 11) is 5.37. The van der Waals surface area contributed by atoms with Crippen molar-refractivity contribution in [2.45, 2.75) is 154 Å². The molecule has 3 fully saturated rings. The quantitative estimate of drug-likeness (QED) is 0.0767. The minimum absolute atomic E-state index is 0.00253. The molecule has 1 amide bonds. The van der Waals surface area contributed by atoms with E-state index in [1.807, 2.05) is 46.7 Å². The Hall–Kier alpha value is -2.52. The van der Waals surface area contributed by atoms with Gasteiger partial charge in [-0.2, -0.15) is 0 Å². The molecule has 0 saturated carbocycles. The van der Waals surface area contributed by atoms with Gasteiger partial charge in [0.15, 0.2) is 17.7 Å². The summed E-state index contributed by atoms with van der Waals surface area (Å²) in [6.45, 7) is 16.1. The van der Waals surface area contributed by atoms with E-state index in [0.717, 1.165) is 6.42 Å². The molecule has 15 nitrogen and oxygen atoms in total. The first-order valence-electron chi connectivity index (χ1n) is 18.6. The smallest absolute Gasteiger partial charge is 0.410 e. The lowest BCUT2D eigenvalue weighted by Crippen LogP contribution is -2.61. The van der Waals surface area contributed by atoms with Gasteiger partial charge in [0.25, 0.3) is 0 Å². The maximum atomic E-state index is 14.2. The lowest BCUT2D eigenvalue weighted by atomic mass is 9.78. The number of rotatable bonds is 11. The fourth-order valence-corrected chi connectivity index (χ4v) is 8.35. The number of cyclic esters (lactones) is 1. The second kappa shape index (κ2) is 18.5. The molecular weight excluding hydrogens is 660 g/mol. The van der Waals surface area contributed by atoms with E-state index in [4.69, 9.17) is 29.2 Å². The first-order valence-corrected chi connectivity index (χ1v) is 18.6. The Labute approximate surface area is 304 Å². The van der Waals surface area contributed by atoms with Gasteiger partial charge < -0.3 is 39.0 Å². The zero-order valence-electron chi connectivity index (χ0n) is 32.7. The molecule has 15 heteroatoms. The molecule has 0 radical (unpaired) electrons. The number of esters is 1. The number of nitrogens with one attached hydrogen (secondary N) is 1. The number of nitrogens with zero attached hydrogens (tertiary/aromatic N) is 5. The number of Topliss-reactive ketones (excluding diaryl/α,β-unsaturated/α-hetero) is 1. The normalized spacial score (nSPS) is 40.1. The van der Waals surface area contributed by atoms with Crippen LogP contribution in [0, 0.1) is 17.8 Å². The van der Waals surface area contributed by atoms with Crippen molar-refractivity contribution in [2.75, 3.05) is 40.8 Å². The largest absolute Gasteiger partial charge is 0.458 e. The summed E-state index contributed by atoms with van der Waals surface area (Å²) >= 11 is 0. The third kappa shape index (κ3) is 9.92. The van der Waals surface area contributed by atoms with E-state index in [1.54, 1.807) is 25.9 Å². The molecular formula is C36H64N6O9. The van der Waals surface area contributed by atoms with Crippen LogP contribution in [0.2, 0.25) is 0 Å². The number of ether oxygens (including phenoxy) is 5. The van der Waals surface area contributed by atoms with Crippen molar-refractivity contribution < 1.29 is 43.2 Å². The number of azide groups is 1. The number of amides is 1. The number of fused-ring (bicyclic) bond motifs is 1. The molecule has 292 valence electrons. The van der Waals surface area contributed by atoms with E-state index in [1.165, 1.54) is 6.92 Å². The molecule has 51 heavy (non-hydrogen) atoms. The molecule has 0 aromatic carbocycles. The van der Waals surface area contributed by atoms with Crippen LogP contribution >= 0.6 is 0 Å². The summed E-state index contributed by atoms with van der Waals surface area (Å²) in [6, 6.07) is -1.000. The number of ketones is 1. The zero-order valence-corrected chi connectivity index (χ0v) is 32.7. The second-order valence-electron chi connectivity index (χ2n) is 15.6.